The van der Waals surface area contributed by atoms with Gasteiger partial charge in [0.25, 0.3) is 5.91 Å². The maximum absolute atomic E-state index is 14.3. The summed E-state index contributed by atoms with van der Waals surface area (Å²) in [7, 11) is -1.51. The highest BCUT2D eigenvalue weighted by atomic mass is 127. The fraction of sp³-hybridized carbons (Fsp3) is 0.667. The molecule has 0 aromatic heterocycles. The fourth-order valence-corrected chi connectivity index (χ4v) is 9.80. The summed E-state index contributed by atoms with van der Waals surface area (Å²) in [5.41, 5.74) is -0.0653. The molecule has 2 N–H and O–H groups in total. The number of rotatable bonds is 9. The van der Waals surface area contributed by atoms with Gasteiger partial charge in [-0.25, -0.2) is 0 Å². The van der Waals surface area contributed by atoms with Crippen LogP contribution in [-0.4, -0.2) is 79.9 Å². The van der Waals surface area contributed by atoms with E-state index in [4.69, 9.17) is 9.47 Å². The lowest BCUT2D eigenvalue weighted by atomic mass is 9.82. The summed E-state index contributed by atoms with van der Waals surface area (Å²) in [6.45, 7) is 6.62. The van der Waals surface area contributed by atoms with Crippen molar-refractivity contribution in [3.05, 3.63) is 27.3 Å². The van der Waals surface area contributed by atoms with E-state index in [0.29, 0.717) is 25.9 Å². The first-order chi connectivity index (χ1) is 17.9. The number of fused-ring (bicyclic) bond motifs is 2. The van der Waals surface area contributed by atoms with Gasteiger partial charge < -0.3 is 29.2 Å². The minimum atomic E-state index is -2.88. The first-order valence-corrected chi connectivity index (χ1v) is 17.5. The Hall–Kier alpha value is -1.54. The van der Waals surface area contributed by atoms with Gasteiger partial charge in [-0.2, -0.15) is 0 Å². The fourth-order valence-electron chi connectivity index (χ4n) is 6.76. The molecule has 3 aliphatic rings. The number of aliphatic hydroxyl groups is 1. The number of hydrogen-bond acceptors (Lipinski definition) is 7. The van der Waals surface area contributed by atoms with Crippen LogP contribution in [0, 0.1) is 9.49 Å². The smallest absolute Gasteiger partial charge is 0.305 e. The van der Waals surface area contributed by atoms with Crippen molar-refractivity contribution in [1.29, 1.82) is 0 Å². The number of ether oxygens (including phenoxy) is 2. The molecule has 0 saturated carbocycles. The molecule has 38 heavy (non-hydrogen) atoms. The maximum Gasteiger partial charge on any atom is 0.305 e. The Labute approximate surface area is 239 Å². The lowest BCUT2D eigenvalue weighted by Gasteiger charge is -2.32. The number of carbonyl (C=O) groups excluding carboxylic acids is 3. The molecule has 0 unspecified atom stereocenters. The molecule has 4 rings (SSSR count). The van der Waals surface area contributed by atoms with Gasteiger partial charge in [-0.05, 0) is 79.6 Å². The molecular formula is C27H39IN2O7Si. The largest absolute Gasteiger partial charge is 0.469 e. The van der Waals surface area contributed by atoms with Gasteiger partial charge in [-0.15, -0.1) is 0 Å². The van der Waals surface area contributed by atoms with Gasteiger partial charge >= 0.3 is 5.97 Å². The van der Waals surface area contributed by atoms with Crippen LogP contribution < -0.4 is 4.90 Å². The van der Waals surface area contributed by atoms with Crippen LogP contribution in [-0.2, 0) is 29.5 Å². The molecular weight excluding hydrogens is 619 g/mol. The van der Waals surface area contributed by atoms with Gasteiger partial charge in [-0.1, -0.05) is 6.92 Å². The molecule has 9 nitrogen and oxygen atoms in total. The second-order valence-corrected chi connectivity index (χ2v) is 16.5. The monoisotopic (exact) mass is 658 g/mol. The van der Waals surface area contributed by atoms with Crippen LogP contribution in [0.5, 0.6) is 0 Å². The number of hydrogen-bond donors (Lipinski definition) is 2. The third-order valence-electron chi connectivity index (χ3n) is 8.47. The number of methoxy groups -OCH3 is 1. The Morgan fingerprint density at radius 3 is 2.68 bits per heavy atom. The summed E-state index contributed by atoms with van der Waals surface area (Å²) >= 11 is 2.23. The van der Waals surface area contributed by atoms with E-state index in [2.05, 4.69) is 22.6 Å². The number of benzene rings is 1. The van der Waals surface area contributed by atoms with Crippen LogP contribution in [0.3, 0.4) is 0 Å². The highest BCUT2D eigenvalue weighted by Gasteiger charge is 2.66. The first-order valence-electron chi connectivity index (χ1n) is 13.4. The van der Waals surface area contributed by atoms with Gasteiger partial charge in [0.1, 0.15) is 0 Å². The van der Waals surface area contributed by atoms with Crippen LogP contribution in [0.15, 0.2) is 18.2 Å². The topological polar surface area (TPSA) is 117 Å². The molecule has 11 heteroatoms. The molecule has 0 radical (unpaired) electrons. The first kappa shape index (κ1) is 29.4. The Bertz CT molecular complexity index is 1080. The van der Waals surface area contributed by atoms with Gasteiger partial charge in [-0.3, -0.25) is 14.4 Å². The normalized spacial score (nSPS) is 28.9. The van der Waals surface area contributed by atoms with Crippen molar-refractivity contribution in [2.75, 3.05) is 31.7 Å². The van der Waals surface area contributed by atoms with Crippen molar-refractivity contribution in [1.82, 2.24) is 4.90 Å². The average molecular weight is 659 g/mol. The Kier molecular flexibility index (Phi) is 8.92. The van der Waals surface area contributed by atoms with E-state index >= 15 is 0 Å². The number of aliphatic hydroxyl groups excluding tert-OH is 1. The molecule has 2 fully saturated rings. The van der Waals surface area contributed by atoms with Crippen molar-refractivity contribution in [3.8, 4) is 0 Å². The van der Waals surface area contributed by atoms with E-state index in [1.165, 1.54) is 7.11 Å². The average Bonchev–Trinajstić information content (AvgIpc) is 3.51. The molecule has 2 amide bonds. The zero-order valence-corrected chi connectivity index (χ0v) is 25.8. The van der Waals surface area contributed by atoms with Crippen molar-refractivity contribution in [3.63, 3.8) is 0 Å². The van der Waals surface area contributed by atoms with Crippen LogP contribution in [0.1, 0.15) is 51.0 Å². The van der Waals surface area contributed by atoms with Crippen LogP contribution >= 0.6 is 22.6 Å². The molecule has 3 aliphatic heterocycles. The molecule has 2 saturated heterocycles. The van der Waals surface area contributed by atoms with E-state index < -0.39 is 20.0 Å². The van der Waals surface area contributed by atoms with Gasteiger partial charge in [0.15, 0.2) is 13.9 Å². The molecule has 1 aromatic rings. The summed E-state index contributed by atoms with van der Waals surface area (Å²) < 4.78 is 12.4. The standard InChI is InChI=1S/C27H39IN2O7Si/c1-17-25(38(3,4)35)22(15-23(32)29-13-7-8-19(29)16-31)37-27(17)20-14-18(28)10-11-21(20)30(26(27)34)12-6-5-9-24(33)36-2/h10-11,14,17,19,22,25,31,35H,5-9,12-13,15-16H2,1-4H3/t17-,19-,22+,25-,27+/m0/s1. The van der Waals surface area contributed by atoms with E-state index in [1.807, 2.05) is 38.2 Å². The van der Waals surface area contributed by atoms with Crippen LogP contribution in [0.25, 0.3) is 0 Å². The van der Waals surface area contributed by atoms with E-state index in [9.17, 15) is 24.3 Å². The van der Waals surface area contributed by atoms with Gasteiger partial charge in [0.2, 0.25) is 5.91 Å². The SMILES string of the molecule is COC(=O)CCCCN1C(=O)[C@]2(O[C@H](CC(=O)N3CCC[C@H]3CO)[C@@H]([Si](C)(C)O)[C@@H]2C)c2cc(I)ccc21. The number of halogens is 1. The van der Waals surface area contributed by atoms with Crippen molar-refractivity contribution < 1.29 is 33.8 Å². The van der Waals surface area contributed by atoms with Gasteiger partial charge in [0.05, 0.1) is 38.0 Å². The summed E-state index contributed by atoms with van der Waals surface area (Å²) in [5.74, 6) is -0.896. The molecule has 5 atom stereocenters. The number of likely N-dealkylation sites (tertiary alicyclic amines) is 1. The number of carbonyl (C=O) groups is 3. The van der Waals surface area contributed by atoms with E-state index in [-0.39, 0.29) is 54.7 Å². The number of nitrogens with zero attached hydrogens (tertiary/aromatic N) is 2. The van der Waals surface area contributed by atoms with Crippen molar-refractivity contribution in [2.24, 2.45) is 5.92 Å². The summed E-state index contributed by atoms with van der Waals surface area (Å²) in [6.07, 6.45) is 2.58. The number of esters is 1. The molecule has 210 valence electrons. The zero-order valence-electron chi connectivity index (χ0n) is 22.6. The third-order valence-corrected chi connectivity index (χ3v) is 11.6. The molecule has 1 spiro atoms. The van der Waals surface area contributed by atoms with Crippen molar-refractivity contribution >= 4 is 54.4 Å². The van der Waals surface area contributed by atoms with Crippen LogP contribution in [0.4, 0.5) is 5.69 Å². The summed E-state index contributed by atoms with van der Waals surface area (Å²) in [6, 6.07) is 5.68. The molecule has 1 aromatic carbocycles. The Morgan fingerprint density at radius 1 is 1.29 bits per heavy atom. The highest BCUT2D eigenvalue weighted by Crippen LogP contribution is 2.59. The van der Waals surface area contributed by atoms with Crippen molar-refractivity contribution in [2.45, 2.75) is 81.8 Å². The number of unbranched alkanes of at least 4 members (excludes halogenated alkanes) is 1. The van der Waals surface area contributed by atoms with Gasteiger partial charge in [0, 0.05) is 40.1 Å². The zero-order chi connectivity index (χ0) is 27.8. The number of anilines is 1. The predicted molar refractivity (Wildman–Crippen MR) is 153 cm³/mol. The third kappa shape index (κ3) is 5.28. The highest BCUT2D eigenvalue weighted by molar-refractivity contribution is 14.1. The predicted octanol–water partition coefficient (Wildman–Crippen LogP) is 3.15. The lowest BCUT2D eigenvalue weighted by molar-refractivity contribution is -0.150. The minimum absolute atomic E-state index is 0.0654. The Balaban J connectivity index is 1.65. The summed E-state index contributed by atoms with van der Waals surface area (Å²) in [5, 5.41) is 9.73. The molecule has 0 aliphatic carbocycles. The van der Waals surface area contributed by atoms with E-state index in [1.54, 1.807) is 9.80 Å². The maximum atomic E-state index is 14.3. The van der Waals surface area contributed by atoms with Crippen LogP contribution in [0.2, 0.25) is 18.6 Å². The second kappa shape index (κ2) is 11.5. The molecule has 0 bridgehead atoms. The van der Waals surface area contributed by atoms with E-state index in [0.717, 1.165) is 27.7 Å². The Morgan fingerprint density at radius 2 is 2.03 bits per heavy atom. The summed E-state index contributed by atoms with van der Waals surface area (Å²) in [4.78, 5) is 54.1. The molecule has 3 heterocycles. The number of amides is 2. The quantitative estimate of drug-likeness (QED) is 0.181. The minimum Gasteiger partial charge on any atom is -0.469 e. The lowest BCUT2D eigenvalue weighted by Crippen LogP contribution is -2.46. The second-order valence-electron chi connectivity index (χ2n) is 11.3.